The largest absolute Gasteiger partial charge is 0.414 e. The molecule has 236 valence electrons. The van der Waals surface area contributed by atoms with Crippen molar-refractivity contribution >= 4 is 22.4 Å². The molecule has 41 heavy (non-hydrogen) atoms. The number of carbonyl (C=O) groups excluding carboxylic acids is 1. The molecule has 0 saturated heterocycles. The average molecular weight is 607 g/mol. The molecule has 4 aliphatic carbocycles. The van der Waals surface area contributed by atoms with Gasteiger partial charge in [0.2, 0.25) is 0 Å². The Kier molecular flexibility index (Phi) is 8.72. The van der Waals surface area contributed by atoms with E-state index in [1.807, 2.05) is 6.08 Å². The van der Waals surface area contributed by atoms with Crippen LogP contribution < -0.4 is 0 Å². The normalized spacial score (nSPS) is 41.7. The molecular weight excluding hydrogens is 545 g/mol. The Morgan fingerprint density at radius 3 is 2.07 bits per heavy atom. The van der Waals surface area contributed by atoms with Crippen LogP contribution in [0.25, 0.3) is 0 Å². The highest BCUT2D eigenvalue weighted by Crippen LogP contribution is 2.74. The lowest BCUT2D eigenvalue weighted by Crippen LogP contribution is -2.71. The fraction of sp³-hybridized carbons (Fsp3) is 0.912. The zero-order valence-electron chi connectivity index (χ0n) is 28.9. The van der Waals surface area contributed by atoms with Gasteiger partial charge in [0.15, 0.2) is 22.4 Å². The van der Waals surface area contributed by atoms with E-state index < -0.39 is 16.6 Å². The molecule has 4 rings (SSSR count). The highest BCUT2D eigenvalue weighted by Gasteiger charge is 2.74. The van der Waals surface area contributed by atoms with Gasteiger partial charge in [0.1, 0.15) is 6.79 Å². The molecule has 0 aliphatic heterocycles. The quantitative estimate of drug-likeness (QED) is 0.214. The van der Waals surface area contributed by atoms with E-state index in [9.17, 15) is 4.79 Å². The maximum atomic E-state index is 13.5. The van der Waals surface area contributed by atoms with Crippen molar-refractivity contribution in [2.24, 2.45) is 34.0 Å². The Labute approximate surface area is 254 Å². The second kappa shape index (κ2) is 10.6. The highest BCUT2D eigenvalue weighted by atomic mass is 28.4. The first kappa shape index (κ1) is 33.6. The number of carbonyl (C=O) groups is 1. The summed E-state index contributed by atoms with van der Waals surface area (Å²) in [5.41, 5.74) is -0.330. The minimum absolute atomic E-state index is 0.0273. The van der Waals surface area contributed by atoms with Crippen molar-refractivity contribution in [2.45, 2.75) is 149 Å². The number of hydrogen-bond donors (Lipinski definition) is 0. The van der Waals surface area contributed by atoms with Gasteiger partial charge >= 0.3 is 0 Å². The Balaban J connectivity index is 1.90. The lowest BCUT2D eigenvalue weighted by Gasteiger charge is -2.69. The fourth-order valence-electron chi connectivity index (χ4n) is 9.10. The maximum absolute atomic E-state index is 13.5. The molecule has 7 heteroatoms. The summed E-state index contributed by atoms with van der Waals surface area (Å²) < 4.78 is 27.0. The zero-order valence-corrected chi connectivity index (χ0v) is 30.9. The van der Waals surface area contributed by atoms with Crippen LogP contribution in [0.3, 0.4) is 0 Å². The van der Waals surface area contributed by atoms with E-state index >= 15 is 0 Å². The first-order chi connectivity index (χ1) is 18.6. The number of allylic oxidation sites excluding steroid dienone is 2. The van der Waals surface area contributed by atoms with Crippen LogP contribution in [-0.4, -0.2) is 54.6 Å². The van der Waals surface area contributed by atoms with Gasteiger partial charge in [-0.15, -0.1) is 0 Å². The van der Waals surface area contributed by atoms with Gasteiger partial charge < -0.3 is 18.3 Å². The smallest absolute Gasteiger partial charge is 0.192 e. The fourth-order valence-corrected chi connectivity index (χ4v) is 11.8. The van der Waals surface area contributed by atoms with Crippen LogP contribution in [0.15, 0.2) is 12.2 Å². The van der Waals surface area contributed by atoms with Gasteiger partial charge in [-0.1, -0.05) is 68.4 Å². The summed E-state index contributed by atoms with van der Waals surface area (Å²) in [6.07, 6.45) is 9.01. The Hall–Kier alpha value is -0.316. The third kappa shape index (κ3) is 5.24. The predicted octanol–water partition coefficient (Wildman–Crippen LogP) is 8.75. The third-order valence-electron chi connectivity index (χ3n) is 13.6. The highest BCUT2D eigenvalue weighted by molar-refractivity contribution is 6.74. The molecule has 9 atom stereocenters. The number of fused-ring (bicyclic) bond motifs is 5. The molecule has 0 spiro atoms. The summed E-state index contributed by atoms with van der Waals surface area (Å²) in [6.45, 7) is 31.4. The van der Waals surface area contributed by atoms with Crippen molar-refractivity contribution in [3.63, 3.8) is 0 Å². The van der Waals surface area contributed by atoms with Gasteiger partial charge in [-0.05, 0) is 97.1 Å². The second-order valence-corrected chi connectivity index (χ2v) is 27.3. The first-order valence-corrected chi connectivity index (χ1v) is 22.0. The van der Waals surface area contributed by atoms with E-state index in [-0.39, 0.29) is 50.6 Å². The van der Waals surface area contributed by atoms with Crippen LogP contribution in [0.5, 0.6) is 0 Å². The van der Waals surface area contributed by atoms with Crippen LogP contribution in [0.2, 0.25) is 36.3 Å². The summed E-state index contributed by atoms with van der Waals surface area (Å²) in [4.78, 5) is 13.5. The van der Waals surface area contributed by atoms with Gasteiger partial charge in [0.25, 0.3) is 0 Å². The summed E-state index contributed by atoms with van der Waals surface area (Å²) in [6, 6.07) is 0. The molecule has 0 aromatic carbocycles. The standard InChI is InChI=1S/C34H62O5Si2/c1-30(2,3)40(11,12)38-26-20-23-24(16-15-17-25(23)35)32(7)21-28(39-41(13,14)31(4,5)6)34(9)27(37-22-36-10)18-19-33(34,8)29(26)32/h15,17,23-24,26-29H,16,18-22H2,1-14H3/t23-,24+,26+,27-,28+,29-,32-,33-,34+/m0/s1. The first-order valence-electron chi connectivity index (χ1n) is 16.2. The van der Waals surface area contributed by atoms with Crippen molar-refractivity contribution in [1.82, 2.24) is 0 Å². The van der Waals surface area contributed by atoms with Crippen LogP contribution in [0.1, 0.15) is 94.4 Å². The second-order valence-electron chi connectivity index (χ2n) is 17.8. The molecule has 0 heterocycles. The minimum Gasteiger partial charge on any atom is -0.414 e. The van der Waals surface area contributed by atoms with Crippen molar-refractivity contribution in [2.75, 3.05) is 13.9 Å². The van der Waals surface area contributed by atoms with Gasteiger partial charge in [-0.3, -0.25) is 4.79 Å². The molecule has 0 unspecified atom stereocenters. The van der Waals surface area contributed by atoms with E-state index in [4.69, 9.17) is 18.3 Å². The van der Waals surface area contributed by atoms with Crippen LogP contribution in [0.4, 0.5) is 0 Å². The Morgan fingerprint density at radius 2 is 1.51 bits per heavy atom. The molecule has 0 N–H and O–H groups in total. The molecule has 4 aliphatic rings. The number of methoxy groups -OCH3 is 1. The summed E-state index contributed by atoms with van der Waals surface area (Å²) >= 11 is 0. The van der Waals surface area contributed by atoms with E-state index in [0.29, 0.717) is 24.4 Å². The number of ether oxygens (including phenoxy) is 2. The van der Waals surface area contributed by atoms with E-state index in [1.165, 1.54) is 0 Å². The SMILES string of the molecule is COCO[C@H]1CC[C@@]2(C)[C@H]3[C@H](O[Si](C)(C)C(C)(C)C)C[C@@H]4C(=O)C=CC[C@H]4[C@]3(C)C[C@@H](O[Si](C)(C)C(C)(C)C)[C@@]12C. The minimum atomic E-state index is -2.11. The molecule has 0 aromatic rings. The molecule has 3 fully saturated rings. The molecule has 0 bridgehead atoms. The van der Waals surface area contributed by atoms with Crippen molar-refractivity contribution < 1.29 is 23.1 Å². The Morgan fingerprint density at radius 1 is 0.927 bits per heavy atom. The number of rotatable bonds is 7. The zero-order chi connectivity index (χ0) is 31.0. The molecule has 3 saturated carbocycles. The van der Waals surface area contributed by atoms with E-state index in [2.05, 4.69) is 94.6 Å². The van der Waals surface area contributed by atoms with E-state index in [1.54, 1.807) is 7.11 Å². The number of hydrogen-bond acceptors (Lipinski definition) is 5. The third-order valence-corrected chi connectivity index (χ3v) is 22.6. The lowest BCUT2D eigenvalue weighted by atomic mass is 9.38. The predicted molar refractivity (Wildman–Crippen MR) is 173 cm³/mol. The molecule has 0 amide bonds. The Bertz CT molecular complexity index is 1030. The van der Waals surface area contributed by atoms with Crippen LogP contribution >= 0.6 is 0 Å². The van der Waals surface area contributed by atoms with Crippen molar-refractivity contribution in [1.29, 1.82) is 0 Å². The molecule has 0 aromatic heterocycles. The van der Waals surface area contributed by atoms with Crippen LogP contribution in [-0.2, 0) is 23.1 Å². The van der Waals surface area contributed by atoms with Gasteiger partial charge in [0.05, 0.1) is 12.2 Å². The van der Waals surface area contributed by atoms with Gasteiger partial charge in [-0.25, -0.2) is 0 Å². The van der Waals surface area contributed by atoms with Gasteiger partial charge in [-0.2, -0.15) is 0 Å². The molecular formula is C34H62O5Si2. The summed E-state index contributed by atoms with van der Waals surface area (Å²) in [5, 5.41) is 0.203. The molecule has 0 radical (unpaired) electrons. The van der Waals surface area contributed by atoms with Crippen LogP contribution in [0, 0.1) is 34.0 Å². The van der Waals surface area contributed by atoms with E-state index in [0.717, 1.165) is 32.1 Å². The summed E-state index contributed by atoms with van der Waals surface area (Å²) in [7, 11) is -2.50. The average Bonchev–Trinajstić information content (AvgIpc) is 3.08. The van der Waals surface area contributed by atoms with Gasteiger partial charge in [0, 0.05) is 24.5 Å². The monoisotopic (exact) mass is 606 g/mol. The van der Waals surface area contributed by atoms with Crippen molar-refractivity contribution in [3.05, 3.63) is 12.2 Å². The van der Waals surface area contributed by atoms with Crippen molar-refractivity contribution in [3.8, 4) is 0 Å². The maximum Gasteiger partial charge on any atom is 0.192 e. The summed E-state index contributed by atoms with van der Waals surface area (Å²) in [5.74, 6) is 0.970. The number of ketones is 1. The topological polar surface area (TPSA) is 54.0 Å². The lowest BCUT2D eigenvalue weighted by molar-refractivity contribution is -0.254. The molecule has 5 nitrogen and oxygen atoms in total.